The highest BCUT2D eigenvalue weighted by Crippen LogP contribution is 2.24. The summed E-state index contributed by atoms with van der Waals surface area (Å²) >= 11 is 1.37. The third-order valence-electron chi connectivity index (χ3n) is 3.91. The number of aromatic amines is 1. The number of aromatic nitrogens is 3. The zero-order chi connectivity index (χ0) is 18.5. The maximum atomic E-state index is 12.0. The summed E-state index contributed by atoms with van der Waals surface area (Å²) in [4.78, 5) is 23.7. The van der Waals surface area contributed by atoms with Crippen LogP contribution in [0, 0.1) is 6.92 Å². The Labute approximate surface area is 154 Å². The molecule has 136 valence electrons. The molecule has 0 aliphatic rings. The minimum absolute atomic E-state index is 0.241. The first-order valence-corrected chi connectivity index (χ1v) is 9.06. The van der Waals surface area contributed by atoms with E-state index in [1.54, 1.807) is 17.6 Å². The van der Waals surface area contributed by atoms with Crippen molar-refractivity contribution in [2.75, 3.05) is 7.11 Å². The number of carbonyl (C=O) groups is 1. The molecule has 0 aliphatic heterocycles. The van der Waals surface area contributed by atoms with Crippen molar-refractivity contribution >= 4 is 17.7 Å². The van der Waals surface area contributed by atoms with Gasteiger partial charge < -0.3 is 9.15 Å². The van der Waals surface area contributed by atoms with Crippen LogP contribution >= 0.6 is 11.8 Å². The molecule has 2 aromatic heterocycles. The number of nitrogens with one attached hydrogen (secondary N) is 1. The number of methoxy groups -OCH3 is 1. The number of nitrogens with zero attached hydrogens (tertiary/aromatic N) is 2. The van der Waals surface area contributed by atoms with E-state index in [4.69, 9.17) is 9.15 Å². The summed E-state index contributed by atoms with van der Waals surface area (Å²) in [6, 6.07) is 11.6. The predicted molar refractivity (Wildman–Crippen MR) is 97.3 cm³/mol. The largest absolute Gasteiger partial charge is 0.465 e. The van der Waals surface area contributed by atoms with Gasteiger partial charge in [0.15, 0.2) is 5.16 Å². The number of thioether (sulfide) groups is 1. The number of aryl methyl sites for hydroxylation is 2. The van der Waals surface area contributed by atoms with Crippen molar-refractivity contribution in [2.24, 2.45) is 0 Å². The van der Waals surface area contributed by atoms with Crippen LogP contribution in [0.25, 0.3) is 0 Å². The molecule has 2 heterocycles. The van der Waals surface area contributed by atoms with E-state index in [1.165, 1.54) is 18.9 Å². The molecule has 1 aromatic carbocycles. The number of H-pyrrole nitrogens is 1. The number of esters is 1. The Morgan fingerprint density at radius 1 is 1.35 bits per heavy atom. The Hall–Kier alpha value is -2.74. The van der Waals surface area contributed by atoms with Crippen molar-refractivity contribution < 1.29 is 13.9 Å². The number of hydrogen-bond donors (Lipinski definition) is 1. The molecule has 3 aromatic rings. The molecule has 8 heteroatoms. The van der Waals surface area contributed by atoms with Gasteiger partial charge in [0.05, 0.1) is 12.9 Å². The third kappa shape index (κ3) is 4.08. The normalized spacial score (nSPS) is 10.8. The molecule has 0 fully saturated rings. The molecule has 3 rings (SSSR count). The van der Waals surface area contributed by atoms with Gasteiger partial charge in [-0.2, -0.15) is 0 Å². The molecule has 0 spiro atoms. The zero-order valence-electron chi connectivity index (χ0n) is 14.5. The molecular formula is C18H19N3O4S. The van der Waals surface area contributed by atoms with Gasteiger partial charge in [-0.1, -0.05) is 42.1 Å². The van der Waals surface area contributed by atoms with Crippen molar-refractivity contribution in [3.05, 3.63) is 69.5 Å². The molecule has 0 atom stereocenters. The highest BCUT2D eigenvalue weighted by atomic mass is 32.2. The van der Waals surface area contributed by atoms with Crippen LogP contribution < -0.4 is 5.69 Å². The minimum Gasteiger partial charge on any atom is -0.465 e. The number of ether oxygens (including phenoxy) is 1. The lowest BCUT2D eigenvalue weighted by molar-refractivity contribution is 0.0599. The number of benzene rings is 1. The monoisotopic (exact) mass is 373 g/mol. The van der Waals surface area contributed by atoms with Crippen LogP contribution in [0.5, 0.6) is 0 Å². The Kier molecular flexibility index (Phi) is 5.62. The second-order valence-electron chi connectivity index (χ2n) is 5.66. The topological polar surface area (TPSA) is 90.1 Å². The third-order valence-corrected chi connectivity index (χ3v) is 4.91. The summed E-state index contributed by atoms with van der Waals surface area (Å²) in [6.07, 6.45) is 0.736. The summed E-state index contributed by atoms with van der Waals surface area (Å²) < 4.78 is 11.9. The van der Waals surface area contributed by atoms with E-state index < -0.39 is 5.97 Å². The van der Waals surface area contributed by atoms with E-state index >= 15 is 0 Å². The smallest absolute Gasteiger partial charge is 0.343 e. The number of furan rings is 1. The van der Waals surface area contributed by atoms with Crippen LogP contribution in [-0.2, 0) is 23.5 Å². The van der Waals surface area contributed by atoms with Crippen LogP contribution in [0.2, 0.25) is 0 Å². The van der Waals surface area contributed by atoms with Gasteiger partial charge in [0, 0.05) is 6.54 Å². The van der Waals surface area contributed by atoms with E-state index in [0.29, 0.717) is 34.5 Å². The average Bonchev–Trinajstić information content (AvgIpc) is 3.20. The fourth-order valence-corrected chi connectivity index (χ4v) is 3.41. The minimum atomic E-state index is -0.429. The van der Waals surface area contributed by atoms with Gasteiger partial charge in [-0.3, -0.25) is 4.57 Å². The van der Waals surface area contributed by atoms with E-state index in [2.05, 4.69) is 10.2 Å². The fourth-order valence-electron chi connectivity index (χ4n) is 2.56. The lowest BCUT2D eigenvalue weighted by Crippen LogP contribution is -2.18. The van der Waals surface area contributed by atoms with E-state index in [9.17, 15) is 9.59 Å². The van der Waals surface area contributed by atoms with Crippen LogP contribution in [0.3, 0.4) is 0 Å². The van der Waals surface area contributed by atoms with Crippen LogP contribution in [0.4, 0.5) is 0 Å². The summed E-state index contributed by atoms with van der Waals surface area (Å²) in [5.74, 6) is 1.16. The van der Waals surface area contributed by atoms with Crippen molar-refractivity contribution in [1.29, 1.82) is 0 Å². The maximum absolute atomic E-state index is 12.0. The molecule has 0 saturated carbocycles. The zero-order valence-corrected chi connectivity index (χ0v) is 15.3. The molecule has 26 heavy (non-hydrogen) atoms. The molecule has 0 saturated heterocycles. The lowest BCUT2D eigenvalue weighted by atomic mass is 10.1. The Morgan fingerprint density at radius 2 is 2.12 bits per heavy atom. The summed E-state index contributed by atoms with van der Waals surface area (Å²) in [5, 5.41) is 7.15. The van der Waals surface area contributed by atoms with Gasteiger partial charge in [-0.05, 0) is 25.0 Å². The van der Waals surface area contributed by atoms with E-state index in [0.717, 1.165) is 12.0 Å². The highest BCUT2D eigenvalue weighted by Gasteiger charge is 2.16. The summed E-state index contributed by atoms with van der Waals surface area (Å²) in [5.41, 5.74) is 1.32. The number of rotatable bonds is 7. The molecule has 0 bridgehead atoms. The first-order chi connectivity index (χ1) is 12.6. The summed E-state index contributed by atoms with van der Waals surface area (Å²) in [7, 11) is 1.33. The highest BCUT2D eigenvalue weighted by molar-refractivity contribution is 7.98. The van der Waals surface area contributed by atoms with Gasteiger partial charge in [-0.15, -0.1) is 5.10 Å². The van der Waals surface area contributed by atoms with E-state index in [-0.39, 0.29) is 5.69 Å². The standard InChI is InChI=1S/C18H19N3O4S/c1-12-15(16(22)24-2)10-14(25-12)11-26-18-20-19-17(23)21(18)9-8-13-6-4-3-5-7-13/h3-7,10H,8-9,11H2,1-2H3,(H,19,23). The Morgan fingerprint density at radius 3 is 2.85 bits per heavy atom. The molecule has 0 aliphatic carbocycles. The second-order valence-corrected chi connectivity index (χ2v) is 6.60. The van der Waals surface area contributed by atoms with Gasteiger partial charge in [-0.25, -0.2) is 14.7 Å². The molecule has 7 nitrogen and oxygen atoms in total. The summed E-state index contributed by atoms with van der Waals surface area (Å²) in [6.45, 7) is 2.25. The van der Waals surface area contributed by atoms with E-state index in [1.807, 2.05) is 30.3 Å². The second kappa shape index (κ2) is 8.09. The Balaban J connectivity index is 1.67. The average molecular weight is 373 g/mol. The van der Waals surface area contributed by atoms with Crippen molar-refractivity contribution in [3.8, 4) is 0 Å². The van der Waals surface area contributed by atoms with Crippen LogP contribution in [-0.4, -0.2) is 27.8 Å². The van der Waals surface area contributed by atoms with Crippen molar-refractivity contribution in [3.63, 3.8) is 0 Å². The fraction of sp³-hybridized carbons (Fsp3) is 0.278. The van der Waals surface area contributed by atoms with Gasteiger partial charge in [0.1, 0.15) is 17.1 Å². The molecule has 0 unspecified atom stereocenters. The SMILES string of the molecule is COC(=O)c1cc(CSc2n[nH]c(=O)n2CCc2ccccc2)oc1C. The molecule has 0 amide bonds. The first kappa shape index (κ1) is 18.1. The molecule has 1 N–H and O–H groups in total. The van der Waals surface area contributed by atoms with Gasteiger partial charge in [0.25, 0.3) is 0 Å². The predicted octanol–water partition coefficient (Wildman–Crippen LogP) is 2.79. The van der Waals surface area contributed by atoms with Crippen molar-refractivity contribution in [2.45, 2.75) is 30.8 Å². The van der Waals surface area contributed by atoms with Crippen LogP contribution in [0.1, 0.15) is 27.4 Å². The molecule has 0 radical (unpaired) electrons. The Bertz CT molecular complexity index is 943. The maximum Gasteiger partial charge on any atom is 0.343 e. The van der Waals surface area contributed by atoms with Gasteiger partial charge in [0.2, 0.25) is 0 Å². The molecular weight excluding hydrogens is 354 g/mol. The first-order valence-electron chi connectivity index (χ1n) is 8.08. The van der Waals surface area contributed by atoms with Crippen molar-refractivity contribution in [1.82, 2.24) is 14.8 Å². The quantitative estimate of drug-likeness (QED) is 0.506. The lowest BCUT2D eigenvalue weighted by Gasteiger charge is -2.05. The number of carbonyl (C=O) groups excluding carboxylic acids is 1. The number of hydrogen-bond acceptors (Lipinski definition) is 6. The van der Waals surface area contributed by atoms with Gasteiger partial charge >= 0.3 is 11.7 Å². The van der Waals surface area contributed by atoms with Crippen LogP contribution in [0.15, 0.2) is 50.8 Å².